The van der Waals surface area contributed by atoms with E-state index in [1.807, 2.05) is 0 Å². The maximum atomic E-state index is 11.4. The van der Waals surface area contributed by atoms with E-state index in [9.17, 15) is 19.5 Å². The Kier molecular flexibility index (Phi) is 1.78. The largest absolute Gasteiger partial charge is 0.539 e. The number of carboxylic acid groups (broad SMARTS) is 1. The highest BCUT2D eigenvalue weighted by atomic mass is 16.6. The molecular weight excluding hydrogens is 216 g/mol. The summed E-state index contributed by atoms with van der Waals surface area (Å²) in [6.07, 6.45) is 0.356. The maximum Gasteiger partial charge on any atom is 0.354 e. The molecule has 86 valence electrons. The zero-order valence-corrected chi connectivity index (χ0v) is 8.25. The minimum absolute atomic E-state index is 0.0507. The van der Waals surface area contributed by atoms with Gasteiger partial charge in [0.25, 0.3) is 0 Å². The minimum Gasteiger partial charge on any atom is -0.539 e. The van der Waals surface area contributed by atoms with E-state index in [2.05, 4.69) is 0 Å². The third-order valence-corrected chi connectivity index (χ3v) is 3.82. The normalized spacial score (nSPS) is 43.2. The number of carboxylic acids is 1. The summed E-state index contributed by atoms with van der Waals surface area (Å²) in [7, 11) is 0. The monoisotopic (exact) mass is 225 g/mol. The SMILES string of the molecule is O=C([O-])C(=O)OC1C2CC3C(=O)OC1C3C2. The lowest BCUT2D eigenvalue weighted by Gasteiger charge is -2.25. The lowest BCUT2D eigenvalue weighted by atomic mass is 9.88. The number of ether oxygens (including phenoxy) is 2. The van der Waals surface area contributed by atoms with Gasteiger partial charge in [-0.2, -0.15) is 0 Å². The summed E-state index contributed by atoms with van der Waals surface area (Å²) < 4.78 is 9.91. The molecule has 2 bridgehead atoms. The molecule has 2 aliphatic carbocycles. The maximum absolute atomic E-state index is 11.4. The summed E-state index contributed by atoms with van der Waals surface area (Å²) in [6, 6.07) is 0. The van der Waals surface area contributed by atoms with Crippen molar-refractivity contribution in [1.82, 2.24) is 0 Å². The summed E-state index contributed by atoms with van der Waals surface area (Å²) in [5.74, 6) is -3.41. The van der Waals surface area contributed by atoms with Crippen LogP contribution in [-0.2, 0) is 23.9 Å². The third-order valence-electron chi connectivity index (χ3n) is 3.82. The molecule has 6 nitrogen and oxygen atoms in total. The number of esters is 2. The van der Waals surface area contributed by atoms with Crippen LogP contribution in [0.1, 0.15) is 12.8 Å². The first-order valence-corrected chi connectivity index (χ1v) is 5.20. The molecule has 0 aromatic rings. The number of hydrogen-bond acceptors (Lipinski definition) is 6. The van der Waals surface area contributed by atoms with Gasteiger partial charge in [-0.15, -0.1) is 0 Å². The fourth-order valence-electron chi connectivity index (χ4n) is 3.24. The van der Waals surface area contributed by atoms with E-state index in [1.54, 1.807) is 0 Å². The summed E-state index contributed by atoms with van der Waals surface area (Å²) in [4.78, 5) is 32.5. The fraction of sp³-hybridized carbons (Fsp3) is 0.700. The van der Waals surface area contributed by atoms with Crippen molar-refractivity contribution in [2.45, 2.75) is 25.0 Å². The standard InChI is InChI=1S/C10H10O6/c11-8(12)10(14)15-6-3-1-4-5(2-3)9(13)16-7(4)6/h3-7H,1-2H2,(H,11,12)/p-1. The van der Waals surface area contributed by atoms with Crippen LogP contribution < -0.4 is 5.11 Å². The molecule has 16 heavy (non-hydrogen) atoms. The predicted molar refractivity (Wildman–Crippen MR) is 44.5 cm³/mol. The van der Waals surface area contributed by atoms with Gasteiger partial charge in [0.15, 0.2) is 5.97 Å². The van der Waals surface area contributed by atoms with Gasteiger partial charge in [-0.1, -0.05) is 0 Å². The quantitative estimate of drug-likeness (QED) is 0.387. The Morgan fingerprint density at radius 2 is 2.12 bits per heavy atom. The van der Waals surface area contributed by atoms with E-state index >= 15 is 0 Å². The summed E-state index contributed by atoms with van der Waals surface area (Å²) in [5, 5.41) is 10.3. The fourth-order valence-corrected chi connectivity index (χ4v) is 3.24. The lowest BCUT2D eigenvalue weighted by Crippen LogP contribution is -2.41. The van der Waals surface area contributed by atoms with Crippen LogP contribution in [0.3, 0.4) is 0 Å². The second-order valence-electron chi connectivity index (χ2n) is 4.56. The van der Waals surface area contributed by atoms with Gasteiger partial charge in [0.05, 0.1) is 5.92 Å². The number of fused-ring (bicyclic) bond motifs is 1. The Labute approximate surface area is 90.5 Å². The van der Waals surface area contributed by atoms with Crippen molar-refractivity contribution in [2.75, 3.05) is 0 Å². The third kappa shape index (κ3) is 1.10. The highest BCUT2D eigenvalue weighted by molar-refractivity contribution is 6.27. The van der Waals surface area contributed by atoms with Crippen molar-refractivity contribution in [1.29, 1.82) is 0 Å². The highest BCUT2D eigenvalue weighted by Crippen LogP contribution is 2.55. The number of carbonyl (C=O) groups is 3. The Hall–Kier alpha value is -1.59. The van der Waals surface area contributed by atoms with Crippen LogP contribution in [0.2, 0.25) is 0 Å². The van der Waals surface area contributed by atoms with Gasteiger partial charge < -0.3 is 19.4 Å². The summed E-state index contributed by atoms with van der Waals surface area (Å²) in [5.41, 5.74) is 0. The second-order valence-corrected chi connectivity index (χ2v) is 4.56. The molecule has 0 aromatic heterocycles. The zero-order valence-electron chi connectivity index (χ0n) is 8.25. The molecule has 6 heteroatoms. The Bertz CT molecular complexity index is 389. The molecule has 1 heterocycles. The molecule has 3 fully saturated rings. The Morgan fingerprint density at radius 1 is 1.38 bits per heavy atom. The highest BCUT2D eigenvalue weighted by Gasteiger charge is 2.63. The van der Waals surface area contributed by atoms with Crippen LogP contribution >= 0.6 is 0 Å². The first-order chi connectivity index (χ1) is 7.58. The van der Waals surface area contributed by atoms with Crippen LogP contribution in [0.4, 0.5) is 0 Å². The molecule has 2 saturated carbocycles. The molecule has 3 aliphatic rings. The van der Waals surface area contributed by atoms with Gasteiger partial charge in [-0.05, 0) is 12.8 Å². The molecule has 0 amide bonds. The summed E-state index contributed by atoms with van der Waals surface area (Å²) >= 11 is 0. The van der Waals surface area contributed by atoms with Gasteiger partial charge in [0, 0.05) is 11.8 Å². The zero-order chi connectivity index (χ0) is 11.4. The van der Waals surface area contributed by atoms with Crippen LogP contribution in [-0.4, -0.2) is 30.1 Å². The predicted octanol–water partition coefficient (Wildman–Crippen LogP) is -1.77. The Morgan fingerprint density at radius 3 is 2.81 bits per heavy atom. The second kappa shape index (κ2) is 2.96. The van der Waals surface area contributed by atoms with Crippen molar-refractivity contribution in [3.05, 3.63) is 0 Å². The van der Waals surface area contributed by atoms with E-state index in [0.29, 0.717) is 6.42 Å². The number of carbonyl (C=O) groups excluding carboxylic acids is 3. The van der Waals surface area contributed by atoms with Crippen molar-refractivity contribution >= 4 is 17.9 Å². The van der Waals surface area contributed by atoms with Crippen LogP contribution in [0.5, 0.6) is 0 Å². The lowest BCUT2D eigenvalue weighted by molar-refractivity contribution is -0.304. The van der Waals surface area contributed by atoms with Gasteiger partial charge >= 0.3 is 11.9 Å². The Balaban J connectivity index is 1.77. The van der Waals surface area contributed by atoms with Crippen LogP contribution in [0.15, 0.2) is 0 Å². The van der Waals surface area contributed by atoms with Gasteiger partial charge in [0.1, 0.15) is 12.2 Å². The first kappa shape index (κ1) is 9.62. The van der Waals surface area contributed by atoms with Crippen molar-refractivity contribution in [2.24, 2.45) is 17.8 Å². The van der Waals surface area contributed by atoms with Gasteiger partial charge in [-0.25, -0.2) is 4.79 Å². The van der Waals surface area contributed by atoms with Crippen molar-refractivity contribution < 1.29 is 29.0 Å². The number of aliphatic carboxylic acids is 1. The minimum atomic E-state index is -1.86. The van der Waals surface area contributed by atoms with E-state index in [1.165, 1.54) is 0 Å². The van der Waals surface area contributed by atoms with Gasteiger partial charge in [0.2, 0.25) is 0 Å². The van der Waals surface area contributed by atoms with E-state index in [-0.39, 0.29) is 23.7 Å². The van der Waals surface area contributed by atoms with Gasteiger partial charge in [-0.3, -0.25) is 4.79 Å². The molecule has 5 unspecified atom stereocenters. The molecule has 0 N–H and O–H groups in total. The average Bonchev–Trinajstić information content (AvgIpc) is 2.81. The van der Waals surface area contributed by atoms with Crippen LogP contribution in [0.25, 0.3) is 0 Å². The van der Waals surface area contributed by atoms with E-state index in [4.69, 9.17) is 9.47 Å². The molecule has 0 radical (unpaired) electrons. The molecule has 1 saturated heterocycles. The topological polar surface area (TPSA) is 92.7 Å². The molecule has 5 atom stereocenters. The molecule has 0 aromatic carbocycles. The van der Waals surface area contributed by atoms with Crippen molar-refractivity contribution in [3.63, 3.8) is 0 Å². The number of rotatable bonds is 1. The first-order valence-electron chi connectivity index (χ1n) is 5.20. The van der Waals surface area contributed by atoms with E-state index < -0.39 is 24.1 Å². The number of hydrogen-bond donors (Lipinski definition) is 0. The average molecular weight is 225 g/mol. The summed E-state index contributed by atoms with van der Waals surface area (Å²) in [6.45, 7) is 0. The van der Waals surface area contributed by atoms with E-state index in [0.717, 1.165) is 6.42 Å². The molecule has 1 aliphatic heterocycles. The molecule has 3 rings (SSSR count). The van der Waals surface area contributed by atoms with Crippen LogP contribution in [0, 0.1) is 17.8 Å². The van der Waals surface area contributed by atoms with Crippen molar-refractivity contribution in [3.8, 4) is 0 Å². The molecular formula is C10H9O6-. The smallest absolute Gasteiger partial charge is 0.354 e. The molecule has 0 spiro atoms.